The van der Waals surface area contributed by atoms with Gasteiger partial charge >= 0.3 is 0 Å². The minimum absolute atomic E-state index is 0.217. The van der Waals surface area contributed by atoms with Gasteiger partial charge in [0.05, 0.1) is 10.6 Å². The molecule has 1 aromatic heterocycles. The quantitative estimate of drug-likeness (QED) is 0.423. The Morgan fingerprint density at radius 3 is 2.18 bits per heavy atom. The van der Waals surface area contributed by atoms with Crippen molar-refractivity contribution in [1.29, 1.82) is 0 Å². The minimum atomic E-state index is -3.69. The molecule has 0 unspecified atom stereocenters. The van der Waals surface area contributed by atoms with E-state index in [2.05, 4.69) is 10.3 Å². The van der Waals surface area contributed by atoms with Gasteiger partial charge < -0.3 is 9.88 Å². The van der Waals surface area contributed by atoms with Crippen LogP contribution in [-0.2, 0) is 16.6 Å². The minimum Gasteiger partial charge on any atom is -0.331 e. The zero-order valence-corrected chi connectivity index (χ0v) is 20.1. The molecule has 174 valence electrons. The Morgan fingerprint density at radius 1 is 0.941 bits per heavy atom. The van der Waals surface area contributed by atoms with Crippen LogP contribution in [0, 0.1) is 13.8 Å². The standard InChI is InChI=1S/C26H26N4O3S/c1-19-4-14-25(15-5-19)34(32,33)29(3)24-12-8-22(9-13-24)26(31)28-23-10-6-21(7-11-23)18-30-17-16-27-20(30)2/h4-17H,18H2,1-3H3,(H,28,31). The number of nitrogens with one attached hydrogen (secondary N) is 1. The van der Waals surface area contributed by atoms with E-state index in [-0.39, 0.29) is 10.8 Å². The topological polar surface area (TPSA) is 84.3 Å². The third kappa shape index (κ3) is 5.02. The molecule has 0 saturated heterocycles. The van der Waals surface area contributed by atoms with Crippen molar-refractivity contribution in [3.63, 3.8) is 0 Å². The molecule has 0 aliphatic carbocycles. The second kappa shape index (κ2) is 9.52. The van der Waals surface area contributed by atoms with Crippen LogP contribution in [0.2, 0.25) is 0 Å². The average Bonchev–Trinajstić information content (AvgIpc) is 3.24. The van der Waals surface area contributed by atoms with Gasteiger partial charge in [0, 0.05) is 37.2 Å². The van der Waals surface area contributed by atoms with E-state index in [9.17, 15) is 13.2 Å². The highest BCUT2D eigenvalue weighted by molar-refractivity contribution is 7.92. The molecule has 1 amide bonds. The maximum atomic E-state index is 12.9. The van der Waals surface area contributed by atoms with Crippen LogP contribution in [-0.4, -0.2) is 30.9 Å². The molecule has 3 aromatic carbocycles. The summed E-state index contributed by atoms with van der Waals surface area (Å²) in [4.78, 5) is 17.1. The lowest BCUT2D eigenvalue weighted by Crippen LogP contribution is -2.26. The van der Waals surface area contributed by atoms with Crippen LogP contribution in [0.4, 0.5) is 11.4 Å². The van der Waals surface area contributed by atoms with Gasteiger partial charge in [-0.2, -0.15) is 0 Å². The smallest absolute Gasteiger partial charge is 0.264 e. The monoisotopic (exact) mass is 474 g/mol. The molecule has 7 nitrogen and oxygen atoms in total. The van der Waals surface area contributed by atoms with Crippen molar-refractivity contribution in [1.82, 2.24) is 9.55 Å². The van der Waals surface area contributed by atoms with Gasteiger partial charge in [-0.3, -0.25) is 9.10 Å². The van der Waals surface area contributed by atoms with E-state index < -0.39 is 10.0 Å². The van der Waals surface area contributed by atoms with Gasteiger partial charge in [0.15, 0.2) is 0 Å². The van der Waals surface area contributed by atoms with Crippen molar-refractivity contribution in [2.75, 3.05) is 16.7 Å². The number of benzene rings is 3. The lowest BCUT2D eigenvalue weighted by Gasteiger charge is -2.20. The fraction of sp³-hybridized carbons (Fsp3) is 0.154. The Labute approximate surface area is 199 Å². The number of sulfonamides is 1. The molecule has 34 heavy (non-hydrogen) atoms. The number of carbonyl (C=O) groups is 1. The van der Waals surface area contributed by atoms with E-state index in [1.165, 1.54) is 11.4 Å². The molecule has 0 aliphatic rings. The van der Waals surface area contributed by atoms with Gasteiger partial charge in [0.25, 0.3) is 15.9 Å². The molecule has 0 fully saturated rings. The summed E-state index contributed by atoms with van der Waals surface area (Å²) in [5.41, 5.74) is 3.67. The first-order valence-electron chi connectivity index (χ1n) is 10.8. The van der Waals surface area contributed by atoms with E-state index >= 15 is 0 Å². The summed E-state index contributed by atoms with van der Waals surface area (Å²) < 4.78 is 29.0. The molecule has 4 rings (SSSR count). The van der Waals surface area contributed by atoms with Crippen molar-refractivity contribution in [2.45, 2.75) is 25.3 Å². The van der Waals surface area contributed by atoms with Crippen LogP contribution >= 0.6 is 0 Å². The van der Waals surface area contributed by atoms with Crippen molar-refractivity contribution in [2.24, 2.45) is 0 Å². The number of hydrogen-bond acceptors (Lipinski definition) is 4. The molecule has 0 saturated carbocycles. The Bertz CT molecular complexity index is 1390. The Kier molecular flexibility index (Phi) is 6.51. The fourth-order valence-electron chi connectivity index (χ4n) is 3.49. The molecule has 1 heterocycles. The van der Waals surface area contributed by atoms with E-state index in [1.807, 2.05) is 48.9 Å². The Balaban J connectivity index is 1.42. The number of amides is 1. The summed E-state index contributed by atoms with van der Waals surface area (Å²) in [5.74, 6) is 0.673. The normalized spacial score (nSPS) is 11.3. The molecule has 0 aliphatic heterocycles. The molecule has 1 N–H and O–H groups in total. The number of rotatable bonds is 7. The summed E-state index contributed by atoms with van der Waals surface area (Å²) in [5, 5.41) is 2.88. The maximum Gasteiger partial charge on any atom is 0.264 e. The first-order valence-corrected chi connectivity index (χ1v) is 12.2. The Morgan fingerprint density at radius 2 is 1.59 bits per heavy atom. The van der Waals surface area contributed by atoms with Crippen LogP contribution in [0.5, 0.6) is 0 Å². The molecule has 4 aromatic rings. The third-order valence-corrected chi connectivity index (χ3v) is 7.46. The average molecular weight is 475 g/mol. The Hall–Kier alpha value is -3.91. The molecular weight excluding hydrogens is 448 g/mol. The highest BCUT2D eigenvalue weighted by Gasteiger charge is 2.21. The first-order chi connectivity index (χ1) is 16.2. The van der Waals surface area contributed by atoms with Crippen molar-refractivity contribution in [3.05, 3.63) is 108 Å². The molecular formula is C26H26N4O3S. The van der Waals surface area contributed by atoms with E-state index in [1.54, 1.807) is 54.7 Å². The van der Waals surface area contributed by atoms with E-state index in [0.717, 1.165) is 17.0 Å². The van der Waals surface area contributed by atoms with Crippen LogP contribution in [0.1, 0.15) is 27.3 Å². The predicted molar refractivity (Wildman–Crippen MR) is 134 cm³/mol. The zero-order chi connectivity index (χ0) is 24.3. The summed E-state index contributed by atoms with van der Waals surface area (Å²) in [6.45, 7) is 4.57. The van der Waals surface area contributed by atoms with Gasteiger partial charge in [-0.05, 0) is 67.9 Å². The highest BCUT2D eigenvalue weighted by Crippen LogP contribution is 2.23. The fourth-order valence-corrected chi connectivity index (χ4v) is 4.69. The summed E-state index contributed by atoms with van der Waals surface area (Å²) in [6.07, 6.45) is 3.70. The third-order valence-electron chi connectivity index (χ3n) is 5.66. The van der Waals surface area contributed by atoms with Gasteiger partial charge in [0.2, 0.25) is 0 Å². The number of nitrogens with zero attached hydrogens (tertiary/aromatic N) is 3. The summed E-state index contributed by atoms with van der Waals surface area (Å²) in [6, 6.07) is 20.8. The van der Waals surface area contributed by atoms with Crippen LogP contribution < -0.4 is 9.62 Å². The van der Waals surface area contributed by atoms with Gasteiger partial charge in [0.1, 0.15) is 5.82 Å². The number of imidazole rings is 1. The van der Waals surface area contributed by atoms with Crippen LogP contribution in [0.25, 0.3) is 0 Å². The number of carbonyl (C=O) groups excluding carboxylic acids is 1. The lowest BCUT2D eigenvalue weighted by molar-refractivity contribution is 0.102. The van der Waals surface area contributed by atoms with Crippen molar-refractivity contribution in [3.8, 4) is 0 Å². The molecule has 0 bridgehead atoms. The van der Waals surface area contributed by atoms with E-state index in [4.69, 9.17) is 0 Å². The van der Waals surface area contributed by atoms with Crippen molar-refractivity contribution >= 4 is 27.3 Å². The van der Waals surface area contributed by atoms with Gasteiger partial charge in [-0.25, -0.2) is 13.4 Å². The number of aryl methyl sites for hydroxylation is 2. The van der Waals surface area contributed by atoms with Gasteiger partial charge in [-0.15, -0.1) is 0 Å². The van der Waals surface area contributed by atoms with Crippen LogP contribution in [0.15, 0.2) is 90.1 Å². The number of aromatic nitrogens is 2. The first kappa shape index (κ1) is 23.3. The summed E-state index contributed by atoms with van der Waals surface area (Å²) in [7, 11) is -2.19. The lowest BCUT2D eigenvalue weighted by atomic mass is 10.1. The second-order valence-electron chi connectivity index (χ2n) is 8.09. The second-order valence-corrected chi connectivity index (χ2v) is 10.1. The molecule has 0 radical (unpaired) electrons. The SMILES string of the molecule is Cc1ccc(S(=O)(=O)N(C)c2ccc(C(=O)Nc3ccc(Cn4ccnc4C)cc3)cc2)cc1. The summed E-state index contributed by atoms with van der Waals surface area (Å²) >= 11 is 0. The van der Waals surface area contributed by atoms with E-state index in [0.29, 0.717) is 23.5 Å². The predicted octanol–water partition coefficient (Wildman–Crippen LogP) is 4.63. The van der Waals surface area contributed by atoms with Crippen molar-refractivity contribution < 1.29 is 13.2 Å². The molecule has 0 atom stereocenters. The van der Waals surface area contributed by atoms with Gasteiger partial charge in [-0.1, -0.05) is 29.8 Å². The largest absolute Gasteiger partial charge is 0.331 e. The number of hydrogen-bond donors (Lipinski definition) is 1. The molecule has 8 heteroatoms. The zero-order valence-electron chi connectivity index (χ0n) is 19.3. The number of anilines is 2. The molecule has 0 spiro atoms. The van der Waals surface area contributed by atoms with Crippen LogP contribution in [0.3, 0.4) is 0 Å². The highest BCUT2D eigenvalue weighted by atomic mass is 32.2. The maximum absolute atomic E-state index is 12.9.